The van der Waals surface area contributed by atoms with Gasteiger partial charge >= 0.3 is 0 Å². The van der Waals surface area contributed by atoms with Gasteiger partial charge in [0, 0.05) is 18.6 Å². The molecule has 2 heteroatoms. The summed E-state index contributed by atoms with van der Waals surface area (Å²) in [6, 6.07) is 1.35. The molecule has 1 heterocycles. The fourth-order valence-corrected chi connectivity index (χ4v) is 1.92. The Morgan fingerprint density at radius 2 is 2.46 bits per heavy atom. The smallest absolute Gasteiger partial charge is 0.0209 e. The lowest BCUT2D eigenvalue weighted by Gasteiger charge is -2.18. The van der Waals surface area contributed by atoms with Crippen molar-refractivity contribution in [1.29, 1.82) is 0 Å². The largest absolute Gasteiger partial charge is 0.310 e. The van der Waals surface area contributed by atoms with Gasteiger partial charge in [-0.3, -0.25) is 0 Å². The second kappa shape index (κ2) is 5.40. The summed E-state index contributed by atoms with van der Waals surface area (Å²) < 4.78 is 0. The Morgan fingerprint density at radius 1 is 1.69 bits per heavy atom. The summed E-state index contributed by atoms with van der Waals surface area (Å²) in [5.41, 5.74) is 0. The van der Waals surface area contributed by atoms with Crippen LogP contribution in [0.3, 0.4) is 0 Å². The van der Waals surface area contributed by atoms with Crippen LogP contribution in [0.4, 0.5) is 0 Å². The SMILES string of the molecule is C=CCC[C@H](C)N[C@H]1CCN(C)C1. The van der Waals surface area contributed by atoms with E-state index in [1.807, 2.05) is 6.08 Å². The van der Waals surface area contributed by atoms with Gasteiger partial charge in [-0.25, -0.2) is 0 Å². The monoisotopic (exact) mass is 182 g/mol. The van der Waals surface area contributed by atoms with E-state index in [9.17, 15) is 0 Å². The predicted octanol–water partition coefficient (Wildman–Crippen LogP) is 1.63. The summed E-state index contributed by atoms with van der Waals surface area (Å²) in [5.74, 6) is 0. The Labute approximate surface area is 82.0 Å². The number of rotatable bonds is 5. The summed E-state index contributed by atoms with van der Waals surface area (Å²) in [4.78, 5) is 2.39. The molecule has 1 rings (SSSR count). The summed E-state index contributed by atoms with van der Waals surface area (Å²) in [6.45, 7) is 8.45. The Hall–Kier alpha value is -0.340. The van der Waals surface area contributed by atoms with Gasteiger partial charge in [0.25, 0.3) is 0 Å². The quantitative estimate of drug-likeness (QED) is 0.650. The van der Waals surface area contributed by atoms with Crippen molar-refractivity contribution in [2.45, 2.75) is 38.3 Å². The molecule has 0 radical (unpaired) electrons. The van der Waals surface area contributed by atoms with Gasteiger partial charge in [0.2, 0.25) is 0 Å². The molecule has 1 aliphatic rings. The van der Waals surface area contributed by atoms with Gasteiger partial charge in [-0.2, -0.15) is 0 Å². The van der Waals surface area contributed by atoms with E-state index in [4.69, 9.17) is 0 Å². The maximum Gasteiger partial charge on any atom is 0.0209 e. The first kappa shape index (κ1) is 10.7. The zero-order valence-corrected chi connectivity index (χ0v) is 8.92. The zero-order valence-electron chi connectivity index (χ0n) is 8.92. The molecule has 76 valence electrons. The summed E-state index contributed by atoms with van der Waals surface area (Å²) in [5, 5.41) is 3.65. The Kier molecular flexibility index (Phi) is 4.46. The Bertz CT molecular complexity index is 156. The van der Waals surface area contributed by atoms with Crippen LogP contribution in [0.5, 0.6) is 0 Å². The number of nitrogens with zero attached hydrogens (tertiary/aromatic N) is 1. The highest BCUT2D eigenvalue weighted by atomic mass is 15.2. The summed E-state index contributed by atoms with van der Waals surface area (Å²) >= 11 is 0. The van der Waals surface area contributed by atoms with E-state index < -0.39 is 0 Å². The number of likely N-dealkylation sites (tertiary alicyclic amines) is 1. The number of allylic oxidation sites excluding steroid dienone is 1. The van der Waals surface area contributed by atoms with Gasteiger partial charge in [-0.15, -0.1) is 6.58 Å². The topological polar surface area (TPSA) is 15.3 Å². The minimum absolute atomic E-state index is 0.634. The van der Waals surface area contributed by atoms with Crippen molar-refractivity contribution >= 4 is 0 Å². The third-order valence-electron chi connectivity index (χ3n) is 2.72. The van der Waals surface area contributed by atoms with Gasteiger partial charge in [0.1, 0.15) is 0 Å². The molecule has 0 aromatic carbocycles. The summed E-state index contributed by atoms with van der Waals surface area (Å²) in [6.07, 6.45) is 5.63. The van der Waals surface area contributed by atoms with Crippen LogP contribution in [0, 0.1) is 0 Å². The van der Waals surface area contributed by atoms with E-state index in [2.05, 4.69) is 30.8 Å². The van der Waals surface area contributed by atoms with Gasteiger partial charge in [0.05, 0.1) is 0 Å². The van der Waals surface area contributed by atoms with E-state index >= 15 is 0 Å². The maximum absolute atomic E-state index is 3.74. The van der Waals surface area contributed by atoms with Gasteiger partial charge in [-0.1, -0.05) is 6.08 Å². The zero-order chi connectivity index (χ0) is 9.68. The molecule has 13 heavy (non-hydrogen) atoms. The third-order valence-corrected chi connectivity index (χ3v) is 2.72. The molecule has 2 nitrogen and oxygen atoms in total. The van der Waals surface area contributed by atoms with Crippen LogP contribution in [-0.2, 0) is 0 Å². The van der Waals surface area contributed by atoms with Crippen LogP contribution in [0.25, 0.3) is 0 Å². The van der Waals surface area contributed by atoms with Gasteiger partial charge in [-0.05, 0) is 39.8 Å². The van der Waals surface area contributed by atoms with Crippen molar-refractivity contribution in [3.05, 3.63) is 12.7 Å². The molecule has 1 fully saturated rings. The van der Waals surface area contributed by atoms with E-state index in [0.29, 0.717) is 12.1 Å². The minimum atomic E-state index is 0.634. The number of hydrogen-bond donors (Lipinski definition) is 1. The second-order valence-electron chi connectivity index (χ2n) is 4.18. The maximum atomic E-state index is 3.74. The van der Waals surface area contributed by atoms with Gasteiger partial charge in [0.15, 0.2) is 0 Å². The number of likely N-dealkylation sites (N-methyl/N-ethyl adjacent to an activating group) is 1. The first-order valence-corrected chi connectivity index (χ1v) is 5.28. The fourth-order valence-electron chi connectivity index (χ4n) is 1.92. The van der Waals surface area contributed by atoms with Crippen molar-refractivity contribution in [2.75, 3.05) is 20.1 Å². The molecule has 0 aliphatic carbocycles. The molecule has 0 bridgehead atoms. The average Bonchev–Trinajstić information content (AvgIpc) is 2.48. The van der Waals surface area contributed by atoms with Crippen molar-refractivity contribution in [2.24, 2.45) is 0 Å². The molecule has 0 saturated carbocycles. The molecule has 1 saturated heterocycles. The van der Waals surface area contributed by atoms with Crippen molar-refractivity contribution < 1.29 is 0 Å². The number of hydrogen-bond acceptors (Lipinski definition) is 2. The lowest BCUT2D eigenvalue weighted by atomic mass is 10.1. The van der Waals surface area contributed by atoms with E-state index in [1.54, 1.807) is 0 Å². The molecular formula is C11H22N2. The van der Waals surface area contributed by atoms with Crippen LogP contribution in [0.1, 0.15) is 26.2 Å². The van der Waals surface area contributed by atoms with Crippen molar-refractivity contribution in [3.8, 4) is 0 Å². The second-order valence-corrected chi connectivity index (χ2v) is 4.18. The first-order chi connectivity index (χ1) is 6.22. The van der Waals surface area contributed by atoms with Gasteiger partial charge < -0.3 is 10.2 Å². The highest BCUT2D eigenvalue weighted by Gasteiger charge is 2.19. The number of nitrogens with one attached hydrogen (secondary N) is 1. The van der Waals surface area contributed by atoms with E-state index in [-0.39, 0.29) is 0 Å². The van der Waals surface area contributed by atoms with Crippen molar-refractivity contribution in [1.82, 2.24) is 10.2 Å². The van der Waals surface area contributed by atoms with Crippen LogP contribution < -0.4 is 5.32 Å². The fraction of sp³-hybridized carbons (Fsp3) is 0.818. The molecule has 0 aromatic heterocycles. The van der Waals surface area contributed by atoms with Crippen LogP contribution in [0.15, 0.2) is 12.7 Å². The standard InChI is InChI=1S/C11H22N2/c1-4-5-6-10(2)12-11-7-8-13(3)9-11/h4,10-12H,1,5-9H2,2-3H3/t10-,11-/m0/s1. The van der Waals surface area contributed by atoms with Crippen molar-refractivity contribution in [3.63, 3.8) is 0 Å². The predicted molar refractivity (Wildman–Crippen MR) is 57.9 cm³/mol. The molecular weight excluding hydrogens is 160 g/mol. The molecule has 0 spiro atoms. The van der Waals surface area contributed by atoms with E-state index in [0.717, 1.165) is 6.42 Å². The Balaban J connectivity index is 2.12. The molecule has 2 atom stereocenters. The lowest BCUT2D eigenvalue weighted by Crippen LogP contribution is -2.37. The Morgan fingerprint density at radius 3 is 3.00 bits per heavy atom. The molecule has 0 aromatic rings. The summed E-state index contributed by atoms with van der Waals surface area (Å²) in [7, 11) is 2.19. The minimum Gasteiger partial charge on any atom is -0.310 e. The highest BCUT2D eigenvalue weighted by Crippen LogP contribution is 2.08. The average molecular weight is 182 g/mol. The molecule has 0 unspecified atom stereocenters. The normalized spacial score (nSPS) is 26.2. The van der Waals surface area contributed by atoms with Crippen LogP contribution in [-0.4, -0.2) is 37.1 Å². The lowest BCUT2D eigenvalue weighted by molar-refractivity contribution is 0.380. The molecule has 1 N–H and O–H groups in total. The van der Waals surface area contributed by atoms with Crippen LogP contribution >= 0.6 is 0 Å². The highest BCUT2D eigenvalue weighted by molar-refractivity contribution is 4.82. The van der Waals surface area contributed by atoms with Crippen LogP contribution in [0.2, 0.25) is 0 Å². The molecule has 1 aliphatic heterocycles. The van der Waals surface area contributed by atoms with E-state index in [1.165, 1.54) is 25.9 Å². The first-order valence-electron chi connectivity index (χ1n) is 5.28. The molecule has 0 amide bonds. The third kappa shape index (κ3) is 3.92.